The van der Waals surface area contributed by atoms with E-state index in [4.69, 9.17) is 6.17 Å². The van der Waals surface area contributed by atoms with E-state index in [9.17, 15) is 14.4 Å². The number of carbonyl (C=O) groups excluding carboxylic acids is 3. The van der Waals surface area contributed by atoms with E-state index in [-0.39, 0.29) is 11.5 Å². The average molecular weight is 284 g/mol. The fraction of sp³-hybridized carbons (Fsp3) is 0.250. The standard InChI is InChI=1S/C12H14N2O6/c1-13-10(16)6-11(17)19-7-14-12(18)20-9-5-3-2-4-8(9)15/h2-5,15H,6-7H2,1H3,(H,13,16)(H,14,18)/i/hT. The predicted molar refractivity (Wildman–Crippen MR) is 66.9 cm³/mol. The Morgan fingerprint density at radius 1 is 1.35 bits per heavy atom. The second-order valence-corrected chi connectivity index (χ2v) is 3.52. The Balaban J connectivity index is 2.34. The molecule has 0 saturated carbocycles. The van der Waals surface area contributed by atoms with Crippen molar-refractivity contribution in [2.24, 2.45) is 0 Å². The van der Waals surface area contributed by atoms with Crippen molar-refractivity contribution in [2.75, 3.05) is 13.8 Å². The van der Waals surface area contributed by atoms with E-state index in [1.54, 1.807) is 12.1 Å². The van der Waals surface area contributed by atoms with Gasteiger partial charge in [0, 0.05) is 7.05 Å². The van der Waals surface area contributed by atoms with Gasteiger partial charge >= 0.3 is 12.1 Å². The molecule has 0 aromatic heterocycles. The van der Waals surface area contributed by atoms with Crippen molar-refractivity contribution in [1.29, 1.82) is 1.43 Å². The maximum absolute atomic E-state index is 11.4. The SMILES string of the molecule is [3H]Oc1ccccc1OC(=O)NCOC(=O)CC(=O)NC. The van der Waals surface area contributed by atoms with Crippen LogP contribution in [0.4, 0.5) is 4.79 Å². The van der Waals surface area contributed by atoms with Crippen LogP contribution in [0.2, 0.25) is 0 Å². The summed E-state index contributed by atoms with van der Waals surface area (Å²) in [5.41, 5.74) is 0. The smallest absolute Gasteiger partial charge is 0.415 e. The highest BCUT2D eigenvalue weighted by Crippen LogP contribution is 2.24. The third kappa shape index (κ3) is 5.25. The van der Waals surface area contributed by atoms with Crippen LogP contribution in [-0.2, 0) is 14.3 Å². The first-order valence-corrected chi connectivity index (χ1v) is 5.61. The maximum Gasteiger partial charge on any atom is 0.415 e. The molecule has 8 heteroatoms. The zero-order valence-electron chi connectivity index (χ0n) is 11.7. The van der Waals surface area contributed by atoms with E-state index in [2.05, 4.69) is 20.5 Å². The summed E-state index contributed by atoms with van der Waals surface area (Å²) in [7, 11) is 1.39. The highest BCUT2D eigenvalue weighted by molar-refractivity contribution is 5.94. The number of phenols is 1. The molecule has 20 heavy (non-hydrogen) atoms. The summed E-state index contributed by atoms with van der Waals surface area (Å²) >= 11 is 0. The molecule has 2 amide bonds. The van der Waals surface area contributed by atoms with Gasteiger partial charge in [-0.25, -0.2) is 4.79 Å². The molecule has 8 nitrogen and oxygen atoms in total. The second-order valence-electron chi connectivity index (χ2n) is 3.52. The molecule has 0 bridgehead atoms. The third-order valence-electron chi connectivity index (χ3n) is 2.09. The highest BCUT2D eigenvalue weighted by Gasteiger charge is 2.11. The van der Waals surface area contributed by atoms with Gasteiger partial charge in [0.25, 0.3) is 1.43 Å². The molecular weight excluding hydrogens is 268 g/mol. The van der Waals surface area contributed by atoms with E-state index in [1.165, 1.54) is 19.2 Å². The van der Waals surface area contributed by atoms with Crippen molar-refractivity contribution in [3.8, 4) is 11.5 Å². The lowest BCUT2D eigenvalue weighted by atomic mass is 10.3. The van der Waals surface area contributed by atoms with Crippen molar-refractivity contribution in [2.45, 2.75) is 6.42 Å². The molecule has 0 atom stereocenters. The van der Waals surface area contributed by atoms with Crippen LogP contribution < -0.4 is 15.4 Å². The molecule has 1 aromatic carbocycles. The Morgan fingerprint density at radius 2 is 2.10 bits per heavy atom. The number of ether oxygens (including phenoxy) is 2. The van der Waals surface area contributed by atoms with Crippen molar-refractivity contribution < 1.29 is 29.0 Å². The molecule has 1 rings (SSSR count). The Bertz CT molecular complexity index is 522. The molecule has 1 aromatic rings. The van der Waals surface area contributed by atoms with Gasteiger partial charge in [-0.1, -0.05) is 12.1 Å². The van der Waals surface area contributed by atoms with Crippen molar-refractivity contribution >= 4 is 18.0 Å². The number of esters is 1. The van der Waals surface area contributed by atoms with Crippen LogP contribution in [-0.4, -0.2) is 38.3 Å². The van der Waals surface area contributed by atoms with Gasteiger partial charge in [0.1, 0.15) is 6.42 Å². The molecule has 0 aliphatic heterocycles. The molecule has 0 unspecified atom stereocenters. The molecule has 108 valence electrons. The predicted octanol–water partition coefficient (Wildman–Crippen LogP) is 0.117. The van der Waals surface area contributed by atoms with Gasteiger partial charge in [-0.2, -0.15) is 0 Å². The van der Waals surface area contributed by atoms with Crippen molar-refractivity contribution in [3.63, 3.8) is 0 Å². The number of rotatable bonds is 6. The zero-order valence-corrected chi connectivity index (χ0v) is 10.7. The van der Waals surface area contributed by atoms with E-state index in [0.29, 0.717) is 0 Å². The van der Waals surface area contributed by atoms with Crippen LogP contribution in [0.25, 0.3) is 0 Å². The van der Waals surface area contributed by atoms with Gasteiger partial charge < -0.3 is 19.9 Å². The summed E-state index contributed by atoms with van der Waals surface area (Å²) in [5, 5.41) is 8.67. The zero-order chi connectivity index (χ0) is 15.7. The Kier molecular flexibility index (Phi) is 5.20. The lowest BCUT2D eigenvalue weighted by Gasteiger charge is -2.08. The van der Waals surface area contributed by atoms with Crippen molar-refractivity contribution in [3.05, 3.63) is 24.3 Å². The summed E-state index contributed by atoms with van der Waals surface area (Å²) in [6.07, 6.45) is -1.34. The number of hydrogen-bond donors (Lipinski definition) is 3. The number of para-hydroxylation sites is 2. The van der Waals surface area contributed by atoms with Crippen LogP contribution in [0.1, 0.15) is 6.42 Å². The minimum Gasteiger partial charge on any atom is -0.504 e. The van der Waals surface area contributed by atoms with E-state index in [1.807, 2.05) is 0 Å². The van der Waals surface area contributed by atoms with Crippen LogP contribution in [0.3, 0.4) is 0 Å². The lowest BCUT2D eigenvalue weighted by Crippen LogP contribution is -2.31. The molecule has 0 aliphatic carbocycles. The van der Waals surface area contributed by atoms with Gasteiger partial charge in [0.2, 0.25) is 5.91 Å². The van der Waals surface area contributed by atoms with Gasteiger partial charge in [-0.3, -0.25) is 14.9 Å². The minimum absolute atomic E-state index is 0.0432. The summed E-state index contributed by atoms with van der Waals surface area (Å²) in [5.74, 6) is -1.18. The van der Waals surface area contributed by atoms with Gasteiger partial charge in [0.05, 0.1) is 0 Å². The van der Waals surface area contributed by atoms with Crippen LogP contribution in [0, 0.1) is 0 Å². The topological polar surface area (TPSA) is 114 Å². The van der Waals surface area contributed by atoms with Crippen LogP contribution in [0.15, 0.2) is 24.3 Å². The van der Waals surface area contributed by atoms with Crippen LogP contribution in [0.5, 0.6) is 11.5 Å². The summed E-state index contributed by atoms with van der Waals surface area (Å²) in [6, 6.07) is 6.07. The highest BCUT2D eigenvalue weighted by atomic mass is 16.6. The monoisotopic (exact) mass is 284 g/mol. The molecular formula is C12H14N2O6. The largest absolute Gasteiger partial charge is 0.504 e. The van der Waals surface area contributed by atoms with Gasteiger partial charge in [-0.05, 0) is 12.1 Å². The first-order valence-electron chi connectivity index (χ1n) is 6.01. The van der Waals surface area contributed by atoms with Crippen molar-refractivity contribution in [1.82, 2.24) is 10.6 Å². The molecule has 0 spiro atoms. The Labute approximate surface area is 116 Å². The minimum atomic E-state index is -0.896. The average Bonchev–Trinajstić information content (AvgIpc) is 2.47. The Hall–Kier alpha value is -2.77. The van der Waals surface area contributed by atoms with E-state index >= 15 is 0 Å². The summed E-state index contributed by atoms with van der Waals surface area (Å²) < 4.78 is 16.2. The molecule has 0 radical (unpaired) electrons. The summed E-state index contributed by atoms with van der Waals surface area (Å²) in [6.45, 7) is -0.446. The normalized spacial score (nSPS) is 9.95. The van der Waals surface area contributed by atoms with E-state index < -0.39 is 31.1 Å². The Morgan fingerprint density at radius 3 is 2.80 bits per heavy atom. The second kappa shape index (κ2) is 7.62. The maximum atomic E-state index is 11.4. The first kappa shape index (κ1) is 13.7. The fourth-order valence-electron chi connectivity index (χ4n) is 1.12. The van der Waals surface area contributed by atoms with E-state index in [0.717, 1.165) is 0 Å². The molecule has 0 heterocycles. The number of amides is 2. The number of carbonyl (C=O) groups is 3. The van der Waals surface area contributed by atoms with Crippen LogP contribution >= 0.6 is 0 Å². The fourth-order valence-corrected chi connectivity index (χ4v) is 1.12. The lowest BCUT2D eigenvalue weighted by molar-refractivity contribution is -0.146. The third-order valence-corrected chi connectivity index (χ3v) is 2.09. The number of hydrogen-bond acceptors (Lipinski definition) is 6. The number of phenolic OH excluding ortho intramolecular Hbond substituents is 1. The number of aromatic hydroxyl groups is 1. The summed E-state index contributed by atoms with van der Waals surface area (Å²) in [4.78, 5) is 33.4. The molecule has 0 saturated heterocycles. The number of nitrogens with one attached hydrogen (secondary N) is 2. The molecule has 0 aliphatic rings. The number of benzene rings is 1. The quantitative estimate of drug-likeness (QED) is 0.388. The van der Waals surface area contributed by atoms with Gasteiger partial charge in [-0.15, -0.1) is 0 Å². The van der Waals surface area contributed by atoms with Gasteiger partial charge in [0.15, 0.2) is 18.2 Å². The molecule has 0 fully saturated rings. The molecule has 3 N–H and O–H groups in total. The first-order chi connectivity index (χ1) is 10.1.